The Hall–Kier alpha value is -2.02. The molecule has 1 atom stereocenters. The molecule has 1 amide bonds. The quantitative estimate of drug-likeness (QED) is 0.798. The minimum atomic E-state index is -0.252. The third kappa shape index (κ3) is 2.87. The first-order chi connectivity index (χ1) is 9.01. The van der Waals surface area contributed by atoms with Crippen molar-refractivity contribution in [2.24, 2.45) is 0 Å². The second-order valence-electron chi connectivity index (χ2n) is 4.13. The molecular weight excluding hydrogens is 264 g/mol. The highest BCUT2D eigenvalue weighted by molar-refractivity contribution is 7.18. The van der Waals surface area contributed by atoms with E-state index in [1.807, 2.05) is 26.0 Å². The van der Waals surface area contributed by atoms with Crippen LogP contribution in [0.15, 0.2) is 16.5 Å². The van der Waals surface area contributed by atoms with Crippen LogP contribution in [0.25, 0.3) is 0 Å². The van der Waals surface area contributed by atoms with Gasteiger partial charge >= 0.3 is 0 Å². The summed E-state index contributed by atoms with van der Waals surface area (Å²) in [7, 11) is 1.73. The van der Waals surface area contributed by atoms with Crippen LogP contribution in [0.2, 0.25) is 0 Å². The number of hydrogen-bond acceptors (Lipinski definition) is 6. The third-order valence-electron chi connectivity index (χ3n) is 2.61. The molecule has 2 aromatic rings. The smallest absolute Gasteiger partial charge is 0.265 e. The largest absolute Gasteiger partial charge is 0.464 e. The van der Waals surface area contributed by atoms with Gasteiger partial charge in [0.2, 0.25) is 0 Å². The molecule has 0 aliphatic carbocycles. The van der Waals surface area contributed by atoms with Gasteiger partial charge < -0.3 is 20.8 Å². The first-order valence-electron chi connectivity index (χ1n) is 5.82. The van der Waals surface area contributed by atoms with Crippen molar-refractivity contribution in [1.29, 1.82) is 0 Å². The van der Waals surface area contributed by atoms with Crippen LogP contribution < -0.4 is 16.4 Å². The Kier molecular flexibility index (Phi) is 3.75. The minimum Gasteiger partial charge on any atom is -0.464 e. The molecule has 2 rings (SSSR count). The van der Waals surface area contributed by atoms with Crippen molar-refractivity contribution in [3.63, 3.8) is 0 Å². The topological polar surface area (TPSA) is 93.2 Å². The van der Waals surface area contributed by atoms with E-state index in [4.69, 9.17) is 10.2 Å². The molecule has 0 fully saturated rings. The number of carbonyl (C=O) groups excluding carboxylic acids is 1. The van der Waals surface area contributed by atoms with Crippen molar-refractivity contribution in [3.05, 3.63) is 28.5 Å². The molecule has 0 saturated heterocycles. The van der Waals surface area contributed by atoms with Crippen LogP contribution in [0, 0.1) is 6.92 Å². The second-order valence-corrected chi connectivity index (χ2v) is 5.13. The Morgan fingerprint density at radius 3 is 2.79 bits per heavy atom. The fourth-order valence-electron chi connectivity index (χ4n) is 1.62. The highest BCUT2D eigenvalue weighted by Gasteiger charge is 2.19. The van der Waals surface area contributed by atoms with Gasteiger partial charge in [0.1, 0.15) is 22.2 Å². The van der Waals surface area contributed by atoms with Crippen molar-refractivity contribution in [2.45, 2.75) is 19.9 Å². The van der Waals surface area contributed by atoms with Crippen molar-refractivity contribution in [2.75, 3.05) is 18.1 Å². The zero-order chi connectivity index (χ0) is 14.0. The maximum Gasteiger partial charge on any atom is 0.265 e. The van der Waals surface area contributed by atoms with E-state index < -0.39 is 0 Å². The van der Waals surface area contributed by atoms with Gasteiger partial charge in [-0.25, -0.2) is 4.98 Å². The standard InChI is InChI=1S/C12H16N4O2S/c1-6-4-5-8(18-6)7(2)15-11(17)9-10(13)16-12(14-3)19-9/h4-5,7H,13H2,1-3H3,(H,14,16)(H,15,17). The van der Waals surface area contributed by atoms with E-state index >= 15 is 0 Å². The summed E-state index contributed by atoms with van der Waals surface area (Å²) in [6.45, 7) is 3.71. The first-order valence-corrected chi connectivity index (χ1v) is 6.64. The lowest BCUT2D eigenvalue weighted by atomic mass is 10.2. The van der Waals surface area contributed by atoms with E-state index in [2.05, 4.69) is 15.6 Å². The molecule has 2 aromatic heterocycles. The molecule has 4 N–H and O–H groups in total. The number of aryl methyl sites for hydroxylation is 1. The lowest BCUT2D eigenvalue weighted by molar-refractivity contribution is 0.0940. The van der Waals surface area contributed by atoms with Gasteiger partial charge in [0, 0.05) is 7.05 Å². The average molecular weight is 280 g/mol. The fourth-order valence-corrected chi connectivity index (χ4v) is 2.36. The molecule has 102 valence electrons. The number of nitrogen functional groups attached to an aromatic ring is 1. The van der Waals surface area contributed by atoms with E-state index in [0.717, 1.165) is 5.76 Å². The van der Waals surface area contributed by atoms with Gasteiger partial charge in [-0.05, 0) is 26.0 Å². The Labute approximate surface area is 115 Å². The molecule has 0 radical (unpaired) electrons. The van der Waals surface area contributed by atoms with Gasteiger partial charge in [0.25, 0.3) is 5.91 Å². The number of anilines is 2. The van der Waals surface area contributed by atoms with Gasteiger partial charge in [0.05, 0.1) is 6.04 Å². The van der Waals surface area contributed by atoms with Gasteiger partial charge in [-0.3, -0.25) is 4.79 Å². The molecule has 6 nitrogen and oxygen atoms in total. The Bertz CT molecular complexity index is 590. The highest BCUT2D eigenvalue weighted by atomic mass is 32.1. The first kappa shape index (κ1) is 13.4. The van der Waals surface area contributed by atoms with Gasteiger partial charge in [-0.15, -0.1) is 0 Å². The van der Waals surface area contributed by atoms with Crippen LogP contribution >= 0.6 is 11.3 Å². The van der Waals surface area contributed by atoms with Crippen molar-refractivity contribution in [3.8, 4) is 0 Å². The minimum absolute atomic E-state index is 0.222. The lowest BCUT2D eigenvalue weighted by Gasteiger charge is -2.10. The summed E-state index contributed by atoms with van der Waals surface area (Å²) in [6.07, 6.45) is 0. The van der Waals surface area contributed by atoms with E-state index in [0.29, 0.717) is 15.8 Å². The number of rotatable bonds is 4. The average Bonchev–Trinajstić information content (AvgIpc) is 2.95. The lowest BCUT2D eigenvalue weighted by Crippen LogP contribution is -2.26. The van der Waals surface area contributed by atoms with E-state index in [9.17, 15) is 4.79 Å². The number of hydrogen-bond donors (Lipinski definition) is 3. The zero-order valence-electron chi connectivity index (χ0n) is 11.0. The molecule has 0 saturated carbocycles. The number of amides is 1. The fraction of sp³-hybridized carbons (Fsp3) is 0.333. The number of nitrogens with zero attached hydrogens (tertiary/aromatic N) is 1. The van der Waals surface area contributed by atoms with Crippen LogP contribution in [-0.2, 0) is 0 Å². The summed E-state index contributed by atoms with van der Waals surface area (Å²) in [5.41, 5.74) is 5.71. The molecular formula is C12H16N4O2S. The van der Waals surface area contributed by atoms with Crippen LogP contribution in [0.5, 0.6) is 0 Å². The maximum atomic E-state index is 12.1. The Balaban J connectivity index is 2.10. The maximum absolute atomic E-state index is 12.1. The molecule has 0 aliphatic rings. The molecule has 1 unspecified atom stereocenters. The molecule has 0 spiro atoms. The van der Waals surface area contributed by atoms with E-state index in [1.165, 1.54) is 11.3 Å². The molecule has 0 aliphatic heterocycles. The van der Waals surface area contributed by atoms with Gasteiger partial charge in [-0.1, -0.05) is 11.3 Å². The number of carbonyl (C=O) groups is 1. The molecule has 0 bridgehead atoms. The van der Waals surface area contributed by atoms with Gasteiger partial charge in [0.15, 0.2) is 5.13 Å². The molecule has 2 heterocycles. The van der Waals surface area contributed by atoms with Crippen molar-refractivity contribution >= 4 is 28.2 Å². The number of furan rings is 1. The normalized spacial score (nSPS) is 12.2. The number of nitrogens with two attached hydrogens (primary N) is 1. The molecule has 0 aromatic carbocycles. The van der Waals surface area contributed by atoms with Gasteiger partial charge in [-0.2, -0.15) is 0 Å². The number of aromatic nitrogens is 1. The summed E-state index contributed by atoms with van der Waals surface area (Å²) in [5, 5.41) is 6.31. The van der Waals surface area contributed by atoms with E-state index in [-0.39, 0.29) is 17.8 Å². The van der Waals surface area contributed by atoms with Crippen LogP contribution in [0.4, 0.5) is 10.9 Å². The zero-order valence-corrected chi connectivity index (χ0v) is 11.8. The molecule has 7 heteroatoms. The Morgan fingerprint density at radius 1 is 1.53 bits per heavy atom. The summed E-state index contributed by atoms with van der Waals surface area (Å²) >= 11 is 1.22. The van der Waals surface area contributed by atoms with Crippen LogP contribution in [0.3, 0.4) is 0 Å². The summed E-state index contributed by atoms with van der Waals surface area (Å²) < 4.78 is 5.47. The summed E-state index contributed by atoms with van der Waals surface area (Å²) in [6, 6.07) is 3.48. The summed E-state index contributed by atoms with van der Waals surface area (Å²) in [5.74, 6) is 1.50. The molecule has 19 heavy (non-hydrogen) atoms. The Morgan fingerprint density at radius 2 is 2.26 bits per heavy atom. The number of thiazole rings is 1. The van der Waals surface area contributed by atoms with Crippen molar-refractivity contribution in [1.82, 2.24) is 10.3 Å². The summed E-state index contributed by atoms with van der Waals surface area (Å²) in [4.78, 5) is 16.5. The predicted octanol–water partition coefficient (Wildman–Crippen LogP) is 2.16. The second kappa shape index (κ2) is 5.31. The predicted molar refractivity (Wildman–Crippen MR) is 75.4 cm³/mol. The SMILES string of the molecule is CNc1nc(N)c(C(=O)NC(C)c2ccc(C)o2)s1. The monoisotopic (exact) mass is 280 g/mol. The third-order valence-corrected chi connectivity index (χ3v) is 3.70. The van der Waals surface area contributed by atoms with Crippen LogP contribution in [0.1, 0.15) is 34.2 Å². The van der Waals surface area contributed by atoms with E-state index in [1.54, 1.807) is 7.05 Å². The number of nitrogens with one attached hydrogen (secondary N) is 2. The van der Waals surface area contributed by atoms with Crippen LogP contribution in [-0.4, -0.2) is 17.9 Å². The van der Waals surface area contributed by atoms with Crippen molar-refractivity contribution < 1.29 is 9.21 Å². The highest BCUT2D eigenvalue weighted by Crippen LogP contribution is 2.25.